The summed E-state index contributed by atoms with van der Waals surface area (Å²) in [5, 5.41) is 7.90. The third kappa shape index (κ3) is 2.18. The zero-order chi connectivity index (χ0) is 14.1. The van der Waals surface area contributed by atoms with Gasteiger partial charge in [0.05, 0.1) is 17.4 Å². The van der Waals surface area contributed by atoms with Crippen molar-refractivity contribution in [1.82, 2.24) is 14.8 Å². The summed E-state index contributed by atoms with van der Waals surface area (Å²) in [7, 11) is 0. The van der Waals surface area contributed by atoms with Crippen molar-refractivity contribution in [2.24, 2.45) is 0 Å². The number of nitrogens with one attached hydrogen (secondary N) is 1. The van der Waals surface area contributed by atoms with E-state index in [-0.39, 0.29) is 0 Å². The third-order valence-corrected chi connectivity index (χ3v) is 4.03. The number of aromatic nitrogens is 3. The zero-order valence-corrected chi connectivity index (χ0v) is 11.6. The van der Waals surface area contributed by atoms with Gasteiger partial charge in [-0.1, -0.05) is 36.4 Å². The molecule has 1 aliphatic rings. The molecule has 0 bridgehead atoms. The predicted molar refractivity (Wildman–Crippen MR) is 82.5 cm³/mol. The first-order chi connectivity index (χ1) is 10.4. The minimum Gasteiger partial charge on any atom is -0.376 e. The molecule has 1 unspecified atom stereocenters. The fourth-order valence-electron chi connectivity index (χ4n) is 3.02. The van der Waals surface area contributed by atoms with Crippen LogP contribution in [0.3, 0.4) is 0 Å². The molecule has 2 aromatic carbocycles. The molecule has 21 heavy (non-hydrogen) atoms. The largest absolute Gasteiger partial charge is 0.376 e. The molecule has 0 saturated heterocycles. The van der Waals surface area contributed by atoms with Crippen LogP contribution in [0.5, 0.6) is 0 Å². The fourth-order valence-corrected chi connectivity index (χ4v) is 3.02. The summed E-state index contributed by atoms with van der Waals surface area (Å²) >= 11 is 0. The van der Waals surface area contributed by atoms with Gasteiger partial charge < -0.3 is 5.32 Å². The van der Waals surface area contributed by atoms with Gasteiger partial charge in [-0.3, -0.25) is 0 Å². The Kier molecular flexibility index (Phi) is 2.92. The van der Waals surface area contributed by atoms with Crippen LogP contribution in [0.25, 0.3) is 5.69 Å². The lowest BCUT2D eigenvalue weighted by atomic mass is 10.1. The van der Waals surface area contributed by atoms with Gasteiger partial charge in [0.1, 0.15) is 12.7 Å². The molecule has 1 aromatic heterocycles. The van der Waals surface area contributed by atoms with Crippen LogP contribution < -0.4 is 5.32 Å². The first-order valence-electron chi connectivity index (χ1n) is 7.20. The molecule has 104 valence electrons. The Morgan fingerprint density at radius 3 is 2.81 bits per heavy atom. The Bertz CT molecular complexity index is 749. The maximum Gasteiger partial charge on any atom is 0.138 e. The summed E-state index contributed by atoms with van der Waals surface area (Å²) < 4.78 is 1.79. The quantitative estimate of drug-likeness (QED) is 0.797. The average molecular weight is 276 g/mol. The normalized spacial score (nSPS) is 16.7. The lowest BCUT2D eigenvalue weighted by Gasteiger charge is -2.18. The van der Waals surface area contributed by atoms with Crippen LogP contribution in [0.2, 0.25) is 0 Å². The van der Waals surface area contributed by atoms with Crippen molar-refractivity contribution in [1.29, 1.82) is 0 Å². The minimum atomic E-state index is 0.367. The molecule has 0 spiro atoms. The van der Waals surface area contributed by atoms with E-state index in [2.05, 4.69) is 51.8 Å². The molecule has 1 aliphatic carbocycles. The Balaban J connectivity index is 1.67. The first-order valence-corrected chi connectivity index (χ1v) is 7.20. The lowest BCUT2D eigenvalue weighted by molar-refractivity contribution is 0.758. The highest BCUT2D eigenvalue weighted by molar-refractivity contribution is 5.62. The van der Waals surface area contributed by atoms with Crippen molar-refractivity contribution in [3.05, 3.63) is 72.3 Å². The number of rotatable bonds is 3. The number of hydrogen-bond acceptors (Lipinski definition) is 3. The van der Waals surface area contributed by atoms with Crippen molar-refractivity contribution in [3.63, 3.8) is 0 Å². The third-order valence-electron chi connectivity index (χ3n) is 4.03. The van der Waals surface area contributed by atoms with Gasteiger partial charge in [0.15, 0.2) is 0 Å². The highest BCUT2D eigenvalue weighted by Crippen LogP contribution is 2.34. The molecule has 4 nitrogen and oxygen atoms in total. The number of nitrogens with zero attached hydrogens (tertiary/aromatic N) is 3. The van der Waals surface area contributed by atoms with Crippen molar-refractivity contribution in [3.8, 4) is 5.69 Å². The van der Waals surface area contributed by atoms with Crippen molar-refractivity contribution in [2.45, 2.75) is 18.9 Å². The highest BCUT2D eigenvalue weighted by atomic mass is 15.3. The molecule has 0 amide bonds. The van der Waals surface area contributed by atoms with E-state index in [4.69, 9.17) is 0 Å². The summed E-state index contributed by atoms with van der Waals surface area (Å²) in [5.74, 6) is 0. The molecular formula is C17H16N4. The topological polar surface area (TPSA) is 42.7 Å². The van der Waals surface area contributed by atoms with E-state index in [1.54, 1.807) is 17.3 Å². The van der Waals surface area contributed by atoms with Crippen LogP contribution in [0.15, 0.2) is 61.2 Å². The zero-order valence-electron chi connectivity index (χ0n) is 11.6. The van der Waals surface area contributed by atoms with Gasteiger partial charge in [-0.05, 0) is 36.1 Å². The Morgan fingerprint density at radius 1 is 1.05 bits per heavy atom. The lowest BCUT2D eigenvalue weighted by Crippen LogP contribution is -2.10. The summed E-state index contributed by atoms with van der Waals surface area (Å²) in [4.78, 5) is 4.03. The van der Waals surface area contributed by atoms with Crippen molar-refractivity contribution < 1.29 is 0 Å². The van der Waals surface area contributed by atoms with Crippen LogP contribution in [-0.4, -0.2) is 14.8 Å². The molecule has 1 heterocycles. The van der Waals surface area contributed by atoms with E-state index in [1.165, 1.54) is 11.1 Å². The summed E-state index contributed by atoms with van der Waals surface area (Å²) in [6.07, 6.45) is 5.55. The Morgan fingerprint density at radius 2 is 1.90 bits per heavy atom. The van der Waals surface area contributed by atoms with E-state index in [0.29, 0.717) is 6.04 Å². The van der Waals surface area contributed by atoms with Crippen LogP contribution in [0.1, 0.15) is 23.6 Å². The van der Waals surface area contributed by atoms with Crippen molar-refractivity contribution in [2.75, 3.05) is 5.32 Å². The molecule has 4 rings (SSSR count). The maximum absolute atomic E-state index is 4.23. The smallest absolute Gasteiger partial charge is 0.138 e. The van der Waals surface area contributed by atoms with Crippen LogP contribution in [-0.2, 0) is 6.42 Å². The number of para-hydroxylation sites is 2. The van der Waals surface area contributed by atoms with Gasteiger partial charge in [0.25, 0.3) is 0 Å². The summed E-state index contributed by atoms with van der Waals surface area (Å²) in [6, 6.07) is 17.3. The molecule has 0 fully saturated rings. The second-order valence-electron chi connectivity index (χ2n) is 5.29. The van der Waals surface area contributed by atoms with E-state index in [9.17, 15) is 0 Å². The molecule has 1 atom stereocenters. The van der Waals surface area contributed by atoms with E-state index >= 15 is 0 Å². The number of fused-ring (bicyclic) bond motifs is 1. The second-order valence-corrected chi connectivity index (χ2v) is 5.29. The summed E-state index contributed by atoms with van der Waals surface area (Å²) in [6.45, 7) is 0. The van der Waals surface area contributed by atoms with Gasteiger partial charge in [-0.15, -0.1) is 0 Å². The van der Waals surface area contributed by atoms with Gasteiger partial charge in [0, 0.05) is 0 Å². The van der Waals surface area contributed by atoms with Crippen LogP contribution >= 0.6 is 0 Å². The fraction of sp³-hybridized carbons (Fsp3) is 0.176. The monoisotopic (exact) mass is 276 g/mol. The van der Waals surface area contributed by atoms with Crippen LogP contribution in [0, 0.1) is 0 Å². The molecule has 1 N–H and O–H groups in total. The minimum absolute atomic E-state index is 0.367. The SMILES string of the molecule is c1ccc2c(c1)CCC2Nc1ccccc1-n1cncn1. The second kappa shape index (κ2) is 5.05. The predicted octanol–water partition coefficient (Wildman–Crippen LogP) is 3.37. The van der Waals surface area contributed by atoms with Crippen molar-refractivity contribution >= 4 is 5.69 Å². The summed E-state index contributed by atoms with van der Waals surface area (Å²) in [5.41, 5.74) is 4.98. The standard InChI is InChI=1S/C17H16N4/c1-2-6-14-13(5-1)9-10-15(14)20-16-7-3-4-8-17(16)21-12-18-11-19-21/h1-8,11-12,15,20H,9-10H2. The molecule has 4 heteroatoms. The number of anilines is 1. The molecule has 0 aliphatic heterocycles. The maximum atomic E-state index is 4.23. The van der Waals surface area contributed by atoms with E-state index in [0.717, 1.165) is 24.2 Å². The average Bonchev–Trinajstić information content (AvgIpc) is 3.18. The molecule has 0 saturated carbocycles. The first kappa shape index (κ1) is 12.1. The van der Waals surface area contributed by atoms with Gasteiger partial charge >= 0.3 is 0 Å². The van der Waals surface area contributed by atoms with E-state index in [1.807, 2.05) is 12.1 Å². The van der Waals surface area contributed by atoms with Crippen LogP contribution in [0.4, 0.5) is 5.69 Å². The Labute approximate surface area is 123 Å². The van der Waals surface area contributed by atoms with Gasteiger partial charge in [-0.2, -0.15) is 5.10 Å². The molecular weight excluding hydrogens is 260 g/mol. The number of hydrogen-bond donors (Lipinski definition) is 1. The van der Waals surface area contributed by atoms with Gasteiger partial charge in [-0.25, -0.2) is 9.67 Å². The van der Waals surface area contributed by atoms with Gasteiger partial charge in [0.2, 0.25) is 0 Å². The van der Waals surface area contributed by atoms with E-state index < -0.39 is 0 Å². The Hall–Kier alpha value is -2.62. The molecule has 3 aromatic rings. The highest BCUT2D eigenvalue weighted by Gasteiger charge is 2.22. The number of benzene rings is 2. The molecule has 0 radical (unpaired) electrons. The number of aryl methyl sites for hydroxylation is 1.